The summed E-state index contributed by atoms with van der Waals surface area (Å²) in [5.41, 5.74) is 2.82. The molecule has 62 valence electrons. The van der Waals surface area contributed by atoms with Crippen LogP contribution in [0.25, 0.3) is 0 Å². The van der Waals surface area contributed by atoms with E-state index in [0.29, 0.717) is 0 Å². The summed E-state index contributed by atoms with van der Waals surface area (Å²) in [6.45, 7) is 0. The van der Waals surface area contributed by atoms with Crippen molar-refractivity contribution >= 4 is 11.8 Å². The zero-order valence-electron chi connectivity index (χ0n) is 6.55. The molecule has 1 fully saturated rings. The number of hydrazine groups is 1. The molecule has 1 rings (SSSR count). The molecule has 0 aromatic carbocycles. The lowest BCUT2D eigenvalue weighted by Crippen LogP contribution is -2.43. The van der Waals surface area contributed by atoms with Crippen molar-refractivity contribution in [2.75, 3.05) is 14.1 Å². The van der Waals surface area contributed by atoms with Crippen molar-refractivity contribution in [1.82, 2.24) is 15.8 Å². The van der Waals surface area contributed by atoms with Gasteiger partial charge >= 0.3 is 0 Å². The van der Waals surface area contributed by atoms with Crippen LogP contribution in [0, 0.1) is 0 Å². The zero-order chi connectivity index (χ0) is 8.43. The van der Waals surface area contributed by atoms with E-state index in [9.17, 15) is 9.59 Å². The standard InChI is InChI=1S/C6H11N3O2/c1-9(2)8-4-3-5(10)7-6(4)11/h4,8H,3H2,1-2H3,(H,7,10,11). The maximum atomic E-state index is 10.9. The van der Waals surface area contributed by atoms with Crippen LogP contribution in [0.4, 0.5) is 0 Å². The van der Waals surface area contributed by atoms with Gasteiger partial charge in [-0.3, -0.25) is 14.9 Å². The average Bonchev–Trinajstić information content (AvgIpc) is 2.09. The first-order valence-electron chi connectivity index (χ1n) is 3.37. The van der Waals surface area contributed by atoms with Crippen molar-refractivity contribution in [3.8, 4) is 0 Å². The number of amides is 2. The number of nitrogens with one attached hydrogen (secondary N) is 2. The van der Waals surface area contributed by atoms with Crippen LogP contribution in [0.5, 0.6) is 0 Å². The molecule has 2 N–H and O–H groups in total. The van der Waals surface area contributed by atoms with Crippen LogP contribution in [0.15, 0.2) is 0 Å². The van der Waals surface area contributed by atoms with Crippen LogP contribution in [-0.4, -0.2) is 37.0 Å². The highest BCUT2D eigenvalue weighted by Gasteiger charge is 2.30. The molecule has 1 aliphatic rings. The molecule has 1 unspecified atom stereocenters. The van der Waals surface area contributed by atoms with Crippen LogP contribution >= 0.6 is 0 Å². The Morgan fingerprint density at radius 2 is 2.18 bits per heavy atom. The fourth-order valence-corrected chi connectivity index (χ4v) is 0.970. The number of carbonyl (C=O) groups is 2. The molecule has 0 saturated carbocycles. The second kappa shape index (κ2) is 2.98. The van der Waals surface area contributed by atoms with Crippen LogP contribution < -0.4 is 10.7 Å². The molecule has 11 heavy (non-hydrogen) atoms. The number of carbonyl (C=O) groups excluding carboxylic acids is 2. The molecule has 0 radical (unpaired) electrons. The van der Waals surface area contributed by atoms with Crippen LogP contribution in [-0.2, 0) is 9.59 Å². The maximum Gasteiger partial charge on any atom is 0.245 e. The van der Waals surface area contributed by atoms with Crippen molar-refractivity contribution in [2.45, 2.75) is 12.5 Å². The molecule has 1 saturated heterocycles. The van der Waals surface area contributed by atoms with Gasteiger partial charge in [-0.2, -0.15) is 0 Å². The smallest absolute Gasteiger partial charge is 0.245 e. The van der Waals surface area contributed by atoms with E-state index < -0.39 is 6.04 Å². The molecule has 0 aromatic rings. The number of imide groups is 1. The van der Waals surface area contributed by atoms with Crippen LogP contribution in [0.3, 0.4) is 0 Å². The van der Waals surface area contributed by atoms with E-state index in [4.69, 9.17) is 0 Å². The van der Waals surface area contributed by atoms with Gasteiger partial charge in [0.25, 0.3) is 0 Å². The van der Waals surface area contributed by atoms with Gasteiger partial charge in [-0.1, -0.05) is 0 Å². The molecule has 0 spiro atoms. The SMILES string of the molecule is CN(C)NC1CC(=O)NC1=O. The topological polar surface area (TPSA) is 61.4 Å². The summed E-state index contributed by atoms with van der Waals surface area (Å²) in [5.74, 6) is -0.460. The molecule has 1 aliphatic heterocycles. The number of rotatable bonds is 2. The minimum atomic E-state index is -0.391. The van der Waals surface area contributed by atoms with Gasteiger partial charge in [0.05, 0.1) is 6.42 Å². The van der Waals surface area contributed by atoms with Crippen molar-refractivity contribution in [3.63, 3.8) is 0 Å². The van der Waals surface area contributed by atoms with E-state index in [1.807, 2.05) is 0 Å². The normalized spacial score (nSPS) is 24.5. The van der Waals surface area contributed by atoms with E-state index in [-0.39, 0.29) is 18.2 Å². The first kappa shape index (κ1) is 8.16. The second-order valence-corrected chi connectivity index (χ2v) is 2.69. The Kier molecular flexibility index (Phi) is 2.21. The molecule has 2 amide bonds. The first-order valence-corrected chi connectivity index (χ1v) is 3.37. The molecule has 0 bridgehead atoms. The highest BCUT2D eigenvalue weighted by atomic mass is 16.2. The lowest BCUT2D eigenvalue weighted by molar-refractivity contribution is -0.125. The number of hydrogen-bond acceptors (Lipinski definition) is 4. The average molecular weight is 157 g/mol. The third kappa shape index (κ3) is 1.99. The highest BCUT2D eigenvalue weighted by molar-refractivity contribution is 6.05. The van der Waals surface area contributed by atoms with Gasteiger partial charge in [0, 0.05) is 14.1 Å². The maximum absolute atomic E-state index is 10.9. The second-order valence-electron chi connectivity index (χ2n) is 2.69. The molecule has 5 heteroatoms. The lowest BCUT2D eigenvalue weighted by Gasteiger charge is -2.14. The fourth-order valence-electron chi connectivity index (χ4n) is 0.970. The van der Waals surface area contributed by atoms with Gasteiger partial charge in [0.1, 0.15) is 6.04 Å². The summed E-state index contributed by atoms with van der Waals surface area (Å²) in [7, 11) is 3.55. The summed E-state index contributed by atoms with van der Waals surface area (Å²) >= 11 is 0. The Labute approximate surface area is 64.7 Å². The van der Waals surface area contributed by atoms with Gasteiger partial charge in [-0.25, -0.2) is 10.4 Å². The molecule has 1 heterocycles. The van der Waals surface area contributed by atoms with E-state index in [2.05, 4.69) is 10.7 Å². The number of hydrogen-bond donors (Lipinski definition) is 2. The summed E-state index contributed by atoms with van der Waals surface area (Å²) in [4.78, 5) is 21.6. The van der Waals surface area contributed by atoms with Gasteiger partial charge in [0.15, 0.2) is 0 Å². The van der Waals surface area contributed by atoms with Crippen molar-refractivity contribution < 1.29 is 9.59 Å². The van der Waals surface area contributed by atoms with Crippen molar-refractivity contribution in [2.24, 2.45) is 0 Å². The molecule has 0 aliphatic carbocycles. The quantitative estimate of drug-likeness (QED) is 0.377. The monoisotopic (exact) mass is 157 g/mol. The molecule has 0 aromatic heterocycles. The van der Waals surface area contributed by atoms with Gasteiger partial charge in [-0.05, 0) is 0 Å². The van der Waals surface area contributed by atoms with Crippen LogP contribution in [0.1, 0.15) is 6.42 Å². The van der Waals surface area contributed by atoms with Crippen molar-refractivity contribution in [3.05, 3.63) is 0 Å². The molecular formula is C6H11N3O2. The summed E-state index contributed by atoms with van der Waals surface area (Å²) in [6, 6.07) is -0.391. The van der Waals surface area contributed by atoms with Crippen LogP contribution in [0.2, 0.25) is 0 Å². The van der Waals surface area contributed by atoms with E-state index in [1.165, 1.54) is 0 Å². The predicted molar refractivity (Wildman–Crippen MR) is 38.4 cm³/mol. The molecular weight excluding hydrogens is 146 g/mol. The van der Waals surface area contributed by atoms with E-state index in [1.54, 1.807) is 19.1 Å². The summed E-state index contributed by atoms with van der Waals surface area (Å²) in [5, 5.41) is 3.86. The Bertz CT molecular complexity index is 190. The van der Waals surface area contributed by atoms with Crippen molar-refractivity contribution in [1.29, 1.82) is 0 Å². The van der Waals surface area contributed by atoms with Gasteiger partial charge < -0.3 is 0 Å². The number of nitrogens with zero attached hydrogens (tertiary/aromatic N) is 1. The minimum absolute atomic E-state index is 0.214. The third-order valence-corrected chi connectivity index (χ3v) is 1.38. The Morgan fingerprint density at radius 1 is 1.55 bits per heavy atom. The van der Waals surface area contributed by atoms with Gasteiger partial charge in [0.2, 0.25) is 11.8 Å². The molecule has 5 nitrogen and oxygen atoms in total. The Hall–Kier alpha value is -0.940. The first-order chi connectivity index (χ1) is 5.09. The third-order valence-electron chi connectivity index (χ3n) is 1.38. The minimum Gasteiger partial charge on any atom is -0.295 e. The summed E-state index contributed by atoms with van der Waals surface area (Å²) < 4.78 is 0. The summed E-state index contributed by atoms with van der Waals surface area (Å²) in [6.07, 6.45) is 0.233. The molecule has 1 atom stereocenters. The van der Waals surface area contributed by atoms with Gasteiger partial charge in [-0.15, -0.1) is 0 Å². The lowest BCUT2D eigenvalue weighted by atomic mass is 10.3. The largest absolute Gasteiger partial charge is 0.295 e. The van der Waals surface area contributed by atoms with E-state index >= 15 is 0 Å². The zero-order valence-corrected chi connectivity index (χ0v) is 6.55. The fraction of sp³-hybridized carbons (Fsp3) is 0.667. The Morgan fingerprint density at radius 3 is 2.55 bits per heavy atom. The Balaban J connectivity index is 2.47. The highest BCUT2D eigenvalue weighted by Crippen LogP contribution is 2.00. The predicted octanol–water partition coefficient (Wildman–Crippen LogP) is -1.53. The van der Waals surface area contributed by atoms with E-state index in [0.717, 1.165) is 0 Å².